The maximum atomic E-state index is 4.25. The van der Waals surface area contributed by atoms with Gasteiger partial charge in [-0.2, -0.15) is 5.10 Å². The van der Waals surface area contributed by atoms with Gasteiger partial charge in [0.2, 0.25) is 0 Å². The highest BCUT2D eigenvalue weighted by Gasteiger charge is 2.01. The van der Waals surface area contributed by atoms with Crippen molar-refractivity contribution < 1.29 is 0 Å². The second-order valence-electron chi connectivity index (χ2n) is 3.70. The minimum atomic E-state index is 0.920. The minimum absolute atomic E-state index is 0.920. The highest BCUT2D eigenvalue weighted by molar-refractivity contribution is 4.84. The molecule has 0 aliphatic rings. The van der Waals surface area contributed by atoms with Crippen molar-refractivity contribution in [2.75, 3.05) is 13.1 Å². The van der Waals surface area contributed by atoms with E-state index in [1.807, 2.05) is 4.68 Å². The molecule has 1 heterocycles. The Bertz CT molecular complexity index is 257. The number of rotatable bonds is 8. The summed E-state index contributed by atoms with van der Waals surface area (Å²) in [5, 5.41) is 7.55. The summed E-state index contributed by atoms with van der Waals surface area (Å²) in [5.74, 6) is 1.12. The van der Waals surface area contributed by atoms with Gasteiger partial charge in [0.05, 0.1) is 0 Å². The van der Waals surface area contributed by atoms with Crippen molar-refractivity contribution >= 4 is 0 Å². The molecule has 0 unspecified atom stereocenters. The van der Waals surface area contributed by atoms with Gasteiger partial charge in [-0.3, -0.25) is 4.68 Å². The quantitative estimate of drug-likeness (QED) is 0.663. The minimum Gasteiger partial charge on any atom is -0.317 e. The van der Waals surface area contributed by atoms with Crippen LogP contribution in [-0.4, -0.2) is 27.9 Å². The Kier molecular flexibility index (Phi) is 6.00. The van der Waals surface area contributed by atoms with Gasteiger partial charge in [-0.25, -0.2) is 4.98 Å². The van der Waals surface area contributed by atoms with Crippen LogP contribution in [0.2, 0.25) is 0 Å². The van der Waals surface area contributed by atoms with E-state index in [1.54, 1.807) is 6.33 Å². The molecule has 0 aromatic carbocycles. The third-order valence-electron chi connectivity index (χ3n) is 2.43. The Morgan fingerprint density at radius 1 is 1.27 bits per heavy atom. The highest BCUT2D eigenvalue weighted by atomic mass is 15.3. The van der Waals surface area contributed by atoms with Crippen LogP contribution in [-0.2, 0) is 13.0 Å². The molecular weight excluding hydrogens is 188 g/mol. The molecule has 0 amide bonds. The molecule has 0 fully saturated rings. The van der Waals surface area contributed by atoms with Crippen molar-refractivity contribution in [3.8, 4) is 0 Å². The second-order valence-corrected chi connectivity index (χ2v) is 3.70. The average Bonchev–Trinajstić information content (AvgIpc) is 2.70. The summed E-state index contributed by atoms with van der Waals surface area (Å²) in [4.78, 5) is 4.25. The molecule has 4 nitrogen and oxygen atoms in total. The van der Waals surface area contributed by atoms with Crippen LogP contribution >= 0.6 is 0 Å². The first-order valence-electron chi connectivity index (χ1n) is 5.95. The molecule has 15 heavy (non-hydrogen) atoms. The number of aromatic nitrogens is 3. The molecule has 0 radical (unpaired) electrons. The van der Waals surface area contributed by atoms with Gasteiger partial charge in [0.1, 0.15) is 12.2 Å². The Labute approximate surface area is 92.1 Å². The van der Waals surface area contributed by atoms with Crippen molar-refractivity contribution in [1.82, 2.24) is 20.1 Å². The van der Waals surface area contributed by atoms with Gasteiger partial charge < -0.3 is 5.32 Å². The van der Waals surface area contributed by atoms with Crippen molar-refractivity contribution in [3.05, 3.63) is 12.2 Å². The highest BCUT2D eigenvalue weighted by Crippen LogP contribution is 2.00. The topological polar surface area (TPSA) is 42.7 Å². The predicted molar refractivity (Wildman–Crippen MR) is 61.8 cm³/mol. The molecule has 1 aromatic rings. The molecule has 0 spiro atoms. The molecule has 4 heteroatoms. The maximum absolute atomic E-state index is 4.25. The van der Waals surface area contributed by atoms with Crippen LogP contribution in [0.25, 0.3) is 0 Å². The van der Waals surface area contributed by atoms with Crippen molar-refractivity contribution in [1.29, 1.82) is 0 Å². The van der Waals surface area contributed by atoms with Crippen LogP contribution in [0.3, 0.4) is 0 Å². The Balaban J connectivity index is 2.09. The van der Waals surface area contributed by atoms with Crippen LogP contribution in [0.15, 0.2) is 6.33 Å². The average molecular weight is 210 g/mol. The van der Waals surface area contributed by atoms with E-state index >= 15 is 0 Å². The van der Waals surface area contributed by atoms with E-state index in [0.29, 0.717) is 0 Å². The number of hydrogen-bond acceptors (Lipinski definition) is 3. The van der Waals surface area contributed by atoms with E-state index in [-0.39, 0.29) is 0 Å². The molecule has 0 saturated carbocycles. The number of nitrogens with one attached hydrogen (secondary N) is 1. The molecular formula is C11H22N4. The first-order chi connectivity index (χ1) is 7.38. The van der Waals surface area contributed by atoms with Gasteiger partial charge in [-0.05, 0) is 39.3 Å². The number of unbranched alkanes of at least 4 members (excludes halogenated alkanes) is 1. The van der Waals surface area contributed by atoms with Crippen molar-refractivity contribution in [2.24, 2.45) is 0 Å². The zero-order chi connectivity index (χ0) is 10.9. The number of aryl methyl sites for hydroxylation is 2. The van der Waals surface area contributed by atoms with Crippen LogP contribution < -0.4 is 5.32 Å². The normalized spacial score (nSPS) is 10.8. The van der Waals surface area contributed by atoms with Gasteiger partial charge in [0, 0.05) is 13.0 Å². The van der Waals surface area contributed by atoms with Gasteiger partial charge in [-0.15, -0.1) is 0 Å². The monoisotopic (exact) mass is 210 g/mol. The van der Waals surface area contributed by atoms with Gasteiger partial charge in [0.25, 0.3) is 0 Å². The smallest absolute Gasteiger partial charge is 0.138 e. The lowest BCUT2D eigenvalue weighted by Crippen LogP contribution is -2.16. The van der Waals surface area contributed by atoms with Gasteiger partial charge >= 0.3 is 0 Å². The lowest BCUT2D eigenvalue weighted by molar-refractivity contribution is 0.574. The van der Waals surface area contributed by atoms with E-state index in [9.17, 15) is 0 Å². The summed E-state index contributed by atoms with van der Waals surface area (Å²) in [6.07, 6.45) is 6.31. The van der Waals surface area contributed by atoms with E-state index in [4.69, 9.17) is 0 Å². The summed E-state index contributed by atoms with van der Waals surface area (Å²) in [5.41, 5.74) is 0. The standard InChI is InChI=1S/C11H22N4/c1-3-8-12-9-6-5-7-11-13-10-14-15(11)4-2/h10,12H,3-9H2,1-2H3. The lowest BCUT2D eigenvalue weighted by Gasteiger charge is -2.04. The predicted octanol–water partition coefficient (Wildman–Crippen LogP) is 1.62. The van der Waals surface area contributed by atoms with Gasteiger partial charge in [-0.1, -0.05) is 6.92 Å². The maximum Gasteiger partial charge on any atom is 0.138 e. The fourth-order valence-electron chi connectivity index (χ4n) is 1.58. The third-order valence-corrected chi connectivity index (χ3v) is 2.43. The first kappa shape index (κ1) is 12.2. The zero-order valence-electron chi connectivity index (χ0n) is 9.87. The van der Waals surface area contributed by atoms with Crippen molar-refractivity contribution in [3.63, 3.8) is 0 Å². The van der Waals surface area contributed by atoms with Crippen LogP contribution in [0, 0.1) is 0 Å². The van der Waals surface area contributed by atoms with E-state index < -0.39 is 0 Å². The fourth-order valence-corrected chi connectivity index (χ4v) is 1.58. The Morgan fingerprint density at radius 3 is 2.87 bits per heavy atom. The summed E-state index contributed by atoms with van der Waals surface area (Å²) in [7, 11) is 0. The molecule has 0 bridgehead atoms. The largest absolute Gasteiger partial charge is 0.317 e. The Hall–Kier alpha value is -0.900. The number of hydrogen-bond donors (Lipinski definition) is 1. The molecule has 1 aromatic heterocycles. The molecule has 1 N–H and O–H groups in total. The van der Waals surface area contributed by atoms with E-state index in [0.717, 1.165) is 31.9 Å². The SMILES string of the molecule is CCCNCCCCc1ncnn1CC. The fraction of sp³-hybridized carbons (Fsp3) is 0.818. The van der Waals surface area contributed by atoms with Crippen LogP contribution in [0.5, 0.6) is 0 Å². The van der Waals surface area contributed by atoms with Crippen LogP contribution in [0.1, 0.15) is 38.9 Å². The second kappa shape index (κ2) is 7.40. The van der Waals surface area contributed by atoms with E-state index in [1.165, 1.54) is 19.3 Å². The number of nitrogens with zero attached hydrogens (tertiary/aromatic N) is 3. The van der Waals surface area contributed by atoms with Crippen LogP contribution in [0.4, 0.5) is 0 Å². The first-order valence-corrected chi connectivity index (χ1v) is 5.95. The summed E-state index contributed by atoms with van der Waals surface area (Å²) < 4.78 is 1.97. The van der Waals surface area contributed by atoms with Gasteiger partial charge in [0.15, 0.2) is 0 Å². The molecule has 86 valence electrons. The summed E-state index contributed by atoms with van der Waals surface area (Å²) in [6.45, 7) is 7.46. The summed E-state index contributed by atoms with van der Waals surface area (Å²) >= 11 is 0. The molecule has 0 aliphatic carbocycles. The molecule has 1 rings (SSSR count). The zero-order valence-corrected chi connectivity index (χ0v) is 9.87. The van der Waals surface area contributed by atoms with Crippen molar-refractivity contribution in [2.45, 2.75) is 46.1 Å². The molecule has 0 saturated heterocycles. The Morgan fingerprint density at radius 2 is 2.13 bits per heavy atom. The van der Waals surface area contributed by atoms with E-state index in [2.05, 4.69) is 29.2 Å². The molecule has 0 aliphatic heterocycles. The lowest BCUT2D eigenvalue weighted by atomic mass is 10.2. The molecule has 0 atom stereocenters. The third kappa shape index (κ3) is 4.42. The summed E-state index contributed by atoms with van der Waals surface area (Å²) in [6, 6.07) is 0.